The number of hydrogen-bond acceptors (Lipinski definition) is 2. The summed E-state index contributed by atoms with van der Waals surface area (Å²) in [5.41, 5.74) is 0.366. The molecule has 0 bridgehead atoms. The van der Waals surface area contributed by atoms with Crippen LogP contribution >= 0.6 is 0 Å². The van der Waals surface area contributed by atoms with Gasteiger partial charge in [0, 0.05) is 13.1 Å². The van der Waals surface area contributed by atoms with E-state index in [1.807, 2.05) is 6.26 Å². The first-order valence-corrected chi connectivity index (χ1v) is 6.03. The second-order valence-electron chi connectivity index (χ2n) is 5.48. The minimum absolute atomic E-state index is 0.366. The normalized spacial score (nSPS) is 21.8. The van der Waals surface area contributed by atoms with Gasteiger partial charge in [-0.25, -0.2) is 0 Å². The SMILES string of the molecule is CC(C)C(C)(C)CNCC1CCC=CO1. The summed E-state index contributed by atoms with van der Waals surface area (Å²) in [5, 5.41) is 3.52. The molecule has 0 amide bonds. The standard InChI is InChI=1S/C13H25NO/c1-11(2)13(3,4)10-14-9-12-7-5-6-8-15-12/h6,8,11-12,14H,5,7,9-10H2,1-4H3. The fraction of sp³-hybridized carbons (Fsp3) is 0.846. The van der Waals surface area contributed by atoms with Crippen molar-refractivity contribution in [2.75, 3.05) is 13.1 Å². The van der Waals surface area contributed by atoms with E-state index in [0.717, 1.165) is 25.9 Å². The zero-order valence-corrected chi connectivity index (χ0v) is 10.5. The first-order valence-electron chi connectivity index (χ1n) is 6.03. The topological polar surface area (TPSA) is 21.3 Å². The largest absolute Gasteiger partial charge is 0.497 e. The monoisotopic (exact) mass is 211 g/mol. The summed E-state index contributed by atoms with van der Waals surface area (Å²) in [5.74, 6) is 0.706. The van der Waals surface area contributed by atoms with E-state index in [0.29, 0.717) is 17.4 Å². The van der Waals surface area contributed by atoms with Crippen molar-refractivity contribution >= 4 is 0 Å². The van der Waals surface area contributed by atoms with E-state index in [1.54, 1.807) is 0 Å². The van der Waals surface area contributed by atoms with E-state index < -0.39 is 0 Å². The molecule has 1 aliphatic heterocycles. The van der Waals surface area contributed by atoms with Crippen molar-refractivity contribution in [2.24, 2.45) is 11.3 Å². The highest BCUT2D eigenvalue weighted by atomic mass is 16.5. The Morgan fingerprint density at radius 3 is 2.73 bits per heavy atom. The molecule has 0 aromatic carbocycles. The second kappa shape index (κ2) is 5.55. The summed E-state index contributed by atoms with van der Waals surface area (Å²) in [6, 6.07) is 0. The van der Waals surface area contributed by atoms with Crippen LogP contribution in [0.1, 0.15) is 40.5 Å². The minimum atomic E-state index is 0.366. The molecule has 0 radical (unpaired) electrons. The predicted molar refractivity (Wildman–Crippen MR) is 64.7 cm³/mol. The highest BCUT2D eigenvalue weighted by Crippen LogP contribution is 2.24. The lowest BCUT2D eigenvalue weighted by Gasteiger charge is -2.30. The van der Waals surface area contributed by atoms with Crippen molar-refractivity contribution in [3.63, 3.8) is 0 Å². The third-order valence-electron chi connectivity index (χ3n) is 3.54. The minimum Gasteiger partial charge on any atom is -0.497 e. The smallest absolute Gasteiger partial charge is 0.110 e. The summed E-state index contributed by atoms with van der Waals surface area (Å²) < 4.78 is 5.51. The van der Waals surface area contributed by atoms with Gasteiger partial charge in [0.05, 0.1) is 6.26 Å². The Labute approximate surface area is 94.1 Å². The first kappa shape index (κ1) is 12.6. The number of hydrogen-bond donors (Lipinski definition) is 1. The molecule has 1 N–H and O–H groups in total. The van der Waals surface area contributed by atoms with Crippen LogP contribution in [-0.2, 0) is 4.74 Å². The average Bonchev–Trinajstić information content (AvgIpc) is 2.19. The van der Waals surface area contributed by atoms with Gasteiger partial charge in [-0.2, -0.15) is 0 Å². The van der Waals surface area contributed by atoms with Gasteiger partial charge in [0.1, 0.15) is 6.10 Å². The molecule has 0 saturated heterocycles. The zero-order valence-electron chi connectivity index (χ0n) is 10.5. The summed E-state index contributed by atoms with van der Waals surface area (Å²) in [6.45, 7) is 11.2. The van der Waals surface area contributed by atoms with Gasteiger partial charge in [0.25, 0.3) is 0 Å². The maximum atomic E-state index is 5.51. The van der Waals surface area contributed by atoms with Crippen LogP contribution in [0.4, 0.5) is 0 Å². The maximum Gasteiger partial charge on any atom is 0.110 e. The maximum absolute atomic E-state index is 5.51. The van der Waals surface area contributed by atoms with E-state index in [2.05, 4.69) is 39.1 Å². The van der Waals surface area contributed by atoms with Crippen molar-refractivity contribution in [3.8, 4) is 0 Å². The number of rotatable bonds is 5. The average molecular weight is 211 g/mol. The second-order valence-corrected chi connectivity index (χ2v) is 5.48. The van der Waals surface area contributed by atoms with Crippen LogP contribution in [0.5, 0.6) is 0 Å². The van der Waals surface area contributed by atoms with Crippen LogP contribution in [0, 0.1) is 11.3 Å². The quantitative estimate of drug-likeness (QED) is 0.755. The zero-order chi connectivity index (χ0) is 11.3. The molecule has 0 aliphatic carbocycles. The molecule has 0 aromatic rings. The Kier molecular flexibility index (Phi) is 4.65. The number of ether oxygens (including phenoxy) is 1. The molecule has 15 heavy (non-hydrogen) atoms. The van der Waals surface area contributed by atoms with Crippen LogP contribution in [0.2, 0.25) is 0 Å². The Balaban J connectivity index is 2.18. The molecule has 0 saturated carbocycles. The molecule has 1 atom stereocenters. The van der Waals surface area contributed by atoms with Crippen LogP contribution < -0.4 is 5.32 Å². The molecule has 1 unspecified atom stereocenters. The van der Waals surface area contributed by atoms with Gasteiger partial charge < -0.3 is 10.1 Å². The van der Waals surface area contributed by atoms with Crippen molar-refractivity contribution in [2.45, 2.75) is 46.6 Å². The molecular weight excluding hydrogens is 186 g/mol. The van der Waals surface area contributed by atoms with E-state index >= 15 is 0 Å². The molecule has 0 spiro atoms. The molecule has 2 nitrogen and oxygen atoms in total. The van der Waals surface area contributed by atoms with Crippen LogP contribution in [0.25, 0.3) is 0 Å². The van der Waals surface area contributed by atoms with Crippen molar-refractivity contribution in [1.82, 2.24) is 5.32 Å². The highest BCUT2D eigenvalue weighted by molar-refractivity contribution is 4.84. The Bertz CT molecular complexity index is 209. The number of allylic oxidation sites excluding steroid dienone is 1. The van der Waals surface area contributed by atoms with Gasteiger partial charge in [0.15, 0.2) is 0 Å². The third kappa shape index (κ3) is 4.25. The van der Waals surface area contributed by atoms with Gasteiger partial charge in [-0.15, -0.1) is 0 Å². The van der Waals surface area contributed by atoms with Gasteiger partial charge in [-0.3, -0.25) is 0 Å². The molecule has 2 heteroatoms. The van der Waals surface area contributed by atoms with Gasteiger partial charge in [-0.05, 0) is 30.3 Å². The molecule has 1 rings (SSSR count). The van der Waals surface area contributed by atoms with Crippen molar-refractivity contribution in [3.05, 3.63) is 12.3 Å². The van der Waals surface area contributed by atoms with Gasteiger partial charge in [0.2, 0.25) is 0 Å². The van der Waals surface area contributed by atoms with Crippen LogP contribution in [0.3, 0.4) is 0 Å². The fourth-order valence-corrected chi connectivity index (χ4v) is 1.49. The third-order valence-corrected chi connectivity index (χ3v) is 3.54. The fourth-order valence-electron chi connectivity index (χ4n) is 1.49. The lowest BCUT2D eigenvalue weighted by atomic mass is 9.81. The molecule has 0 fully saturated rings. The van der Waals surface area contributed by atoms with E-state index in [4.69, 9.17) is 4.74 Å². The Morgan fingerprint density at radius 1 is 1.47 bits per heavy atom. The molecule has 88 valence electrons. The van der Waals surface area contributed by atoms with Crippen molar-refractivity contribution in [1.29, 1.82) is 0 Å². The molecule has 0 aromatic heterocycles. The van der Waals surface area contributed by atoms with E-state index in [-0.39, 0.29) is 0 Å². The van der Waals surface area contributed by atoms with Crippen LogP contribution in [0.15, 0.2) is 12.3 Å². The summed E-state index contributed by atoms with van der Waals surface area (Å²) in [7, 11) is 0. The van der Waals surface area contributed by atoms with Gasteiger partial charge >= 0.3 is 0 Å². The summed E-state index contributed by atoms with van der Waals surface area (Å²) in [4.78, 5) is 0. The number of nitrogens with one attached hydrogen (secondary N) is 1. The molecule has 1 heterocycles. The molecule has 1 aliphatic rings. The van der Waals surface area contributed by atoms with Crippen molar-refractivity contribution < 1.29 is 4.74 Å². The Hall–Kier alpha value is -0.500. The Morgan fingerprint density at radius 2 is 2.20 bits per heavy atom. The lowest BCUT2D eigenvalue weighted by Crippen LogP contribution is -2.38. The summed E-state index contributed by atoms with van der Waals surface area (Å²) >= 11 is 0. The summed E-state index contributed by atoms with van der Waals surface area (Å²) in [6.07, 6.45) is 6.60. The van der Waals surface area contributed by atoms with Crippen LogP contribution in [-0.4, -0.2) is 19.2 Å². The van der Waals surface area contributed by atoms with E-state index in [1.165, 1.54) is 0 Å². The van der Waals surface area contributed by atoms with E-state index in [9.17, 15) is 0 Å². The van der Waals surface area contributed by atoms with Gasteiger partial charge in [-0.1, -0.05) is 27.7 Å². The molecular formula is C13H25NO. The highest BCUT2D eigenvalue weighted by Gasteiger charge is 2.22. The lowest BCUT2D eigenvalue weighted by molar-refractivity contribution is 0.116. The first-order chi connectivity index (χ1) is 7.02. The predicted octanol–water partition coefficient (Wildman–Crippen LogP) is 2.95.